The Labute approximate surface area is 148 Å². The lowest BCUT2D eigenvalue weighted by molar-refractivity contribution is -0.127. The van der Waals surface area contributed by atoms with Gasteiger partial charge in [-0.15, -0.1) is 0 Å². The minimum Gasteiger partial charge on any atom is -0.295 e. The first-order valence-electron chi connectivity index (χ1n) is 8.12. The summed E-state index contributed by atoms with van der Waals surface area (Å²) in [7, 11) is -1.08. The van der Waals surface area contributed by atoms with E-state index in [1.54, 1.807) is 7.05 Å². The number of sulfonamides is 1. The van der Waals surface area contributed by atoms with E-state index in [0.29, 0.717) is 11.0 Å². The summed E-state index contributed by atoms with van der Waals surface area (Å²) in [6.07, 6.45) is -0.965. The molecule has 26 heavy (non-hydrogen) atoms. The zero-order valence-corrected chi connectivity index (χ0v) is 15.1. The monoisotopic (exact) mass is 387 g/mol. The zero-order chi connectivity index (χ0) is 19.3. The Kier molecular flexibility index (Phi) is 4.41. The number of imidazole rings is 1. The van der Waals surface area contributed by atoms with Gasteiger partial charge in [0.05, 0.1) is 15.9 Å². The largest absolute Gasteiger partial charge is 0.328 e. The lowest BCUT2D eigenvalue weighted by Gasteiger charge is -2.27. The van der Waals surface area contributed by atoms with Crippen LogP contribution in [0.25, 0.3) is 11.0 Å². The number of amides is 1. The molecule has 0 unspecified atom stereocenters. The van der Waals surface area contributed by atoms with Crippen LogP contribution in [0.1, 0.15) is 25.7 Å². The lowest BCUT2D eigenvalue weighted by atomic mass is 9.86. The molecule has 1 N–H and O–H groups in total. The molecule has 1 aliphatic carbocycles. The summed E-state index contributed by atoms with van der Waals surface area (Å²) in [5, 5.41) is 0. The van der Waals surface area contributed by atoms with Gasteiger partial charge in [0.15, 0.2) is 0 Å². The maximum Gasteiger partial charge on any atom is 0.328 e. The van der Waals surface area contributed by atoms with Crippen molar-refractivity contribution in [2.45, 2.75) is 36.5 Å². The molecule has 0 saturated heterocycles. The van der Waals surface area contributed by atoms with Crippen LogP contribution in [0.5, 0.6) is 0 Å². The van der Waals surface area contributed by atoms with Gasteiger partial charge in [-0.25, -0.2) is 26.7 Å². The van der Waals surface area contributed by atoms with Gasteiger partial charge in [-0.2, -0.15) is 0 Å². The van der Waals surface area contributed by atoms with Gasteiger partial charge < -0.3 is 0 Å². The fraction of sp³-hybridized carbons (Fsp3) is 0.500. The van der Waals surface area contributed by atoms with Gasteiger partial charge in [0.2, 0.25) is 11.8 Å². The van der Waals surface area contributed by atoms with Crippen molar-refractivity contribution in [3.05, 3.63) is 28.7 Å². The van der Waals surface area contributed by atoms with E-state index in [1.165, 1.54) is 34.4 Å². The van der Waals surface area contributed by atoms with Gasteiger partial charge in [0.25, 0.3) is 10.0 Å². The molecule has 0 bridgehead atoms. The van der Waals surface area contributed by atoms with Crippen molar-refractivity contribution in [2.75, 3.05) is 0 Å². The summed E-state index contributed by atoms with van der Waals surface area (Å²) in [5.41, 5.74) is 0.657. The van der Waals surface area contributed by atoms with Crippen LogP contribution < -0.4 is 10.4 Å². The third-order valence-electron chi connectivity index (χ3n) is 4.88. The third kappa shape index (κ3) is 3.25. The lowest BCUT2D eigenvalue weighted by Crippen LogP contribution is -2.39. The third-order valence-corrected chi connectivity index (χ3v) is 6.22. The maximum absolute atomic E-state index is 13.2. The normalized spacial score (nSPS) is 18.2. The Morgan fingerprint density at radius 3 is 2.35 bits per heavy atom. The van der Waals surface area contributed by atoms with E-state index in [-0.39, 0.29) is 23.4 Å². The smallest absolute Gasteiger partial charge is 0.295 e. The highest BCUT2D eigenvalue weighted by atomic mass is 32.2. The second-order valence-electron chi connectivity index (χ2n) is 6.65. The Morgan fingerprint density at radius 2 is 1.73 bits per heavy atom. The molecule has 142 valence electrons. The quantitative estimate of drug-likeness (QED) is 0.864. The molecule has 7 nitrogen and oxygen atoms in total. The van der Waals surface area contributed by atoms with Gasteiger partial charge in [-0.05, 0) is 31.0 Å². The predicted octanol–water partition coefficient (Wildman–Crippen LogP) is 1.51. The van der Waals surface area contributed by atoms with Gasteiger partial charge in [0.1, 0.15) is 0 Å². The van der Waals surface area contributed by atoms with E-state index in [9.17, 15) is 26.8 Å². The van der Waals surface area contributed by atoms with E-state index >= 15 is 0 Å². The molecular weight excluding hydrogens is 368 g/mol. The number of alkyl halides is 2. The van der Waals surface area contributed by atoms with E-state index < -0.39 is 40.6 Å². The van der Waals surface area contributed by atoms with E-state index in [0.717, 1.165) is 0 Å². The van der Waals surface area contributed by atoms with Crippen molar-refractivity contribution in [3.63, 3.8) is 0 Å². The number of nitrogens with zero attached hydrogens (tertiary/aromatic N) is 2. The van der Waals surface area contributed by atoms with Crippen molar-refractivity contribution >= 4 is 27.0 Å². The average molecular weight is 387 g/mol. The number of benzene rings is 1. The number of hydrogen-bond donors (Lipinski definition) is 1. The summed E-state index contributed by atoms with van der Waals surface area (Å²) in [4.78, 5) is 24.0. The van der Waals surface area contributed by atoms with Crippen molar-refractivity contribution < 1.29 is 22.0 Å². The number of rotatable bonds is 3. The Hall–Kier alpha value is -2.23. The standard InChI is InChI=1S/C16H19F2N3O4S/c1-20-12-4-3-11(9-13(12)21(2)15(20)23)26(24,25)19-14(22)10-5-7-16(17,18)8-6-10/h3-4,9-10H,5-8H2,1-2H3,(H,19,22). The summed E-state index contributed by atoms with van der Waals surface area (Å²) in [5.74, 6) is -4.32. The number of nitrogens with one attached hydrogen (secondary N) is 1. The second kappa shape index (κ2) is 6.19. The summed E-state index contributed by atoms with van der Waals surface area (Å²) in [6.45, 7) is 0. The fourth-order valence-electron chi connectivity index (χ4n) is 3.23. The van der Waals surface area contributed by atoms with Crippen LogP contribution >= 0.6 is 0 Å². The summed E-state index contributed by atoms with van der Waals surface area (Å²) in [6, 6.07) is 4.09. The first-order chi connectivity index (χ1) is 12.0. The van der Waals surface area contributed by atoms with Crippen molar-refractivity contribution in [1.29, 1.82) is 0 Å². The molecule has 0 radical (unpaired) electrons. The Morgan fingerprint density at radius 1 is 1.15 bits per heavy atom. The number of halogens is 2. The average Bonchev–Trinajstić information content (AvgIpc) is 2.78. The van der Waals surface area contributed by atoms with Gasteiger partial charge in [0, 0.05) is 32.9 Å². The Balaban J connectivity index is 1.84. The molecule has 1 aliphatic rings. The summed E-state index contributed by atoms with van der Waals surface area (Å²) < 4.78 is 56.0. The number of hydrogen-bond acceptors (Lipinski definition) is 4. The van der Waals surface area contributed by atoms with Crippen molar-refractivity contribution in [1.82, 2.24) is 13.9 Å². The second-order valence-corrected chi connectivity index (χ2v) is 8.33. The number of fused-ring (bicyclic) bond motifs is 1. The van der Waals surface area contributed by atoms with Crippen LogP contribution in [-0.2, 0) is 28.9 Å². The number of aryl methyl sites for hydroxylation is 2. The molecule has 0 spiro atoms. The SMILES string of the molecule is Cn1c(=O)n(C)c2cc(S(=O)(=O)NC(=O)C3CCC(F)(F)CC3)ccc21. The fourth-order valence-corrected chi connectivity index (χ4v) is 4.29. The van der Waals surface area contributed by atoms with Crippen LogP contribution in [-0.4, -0.2) is 29.4 Å². The van der Waals surface area contributed by atoms with Crippen molar-refractivity contribution in [2.24, 2.45) is 20.0 Å². The minimum absolute atomic E-state index is 0.0550. The van der Waals surface area contributed by atoms with E-state index in [2.05, 4.69) is 0 Å². The van der Waals surface area contributed by atoms with Crippen LogP contribution in [0, 0.1) is 5.92 Å². The molecule has 1 fully saturated rings. The van der Waals surface area contributed by atoms with Crippen LogP contribution in [0.3, 0.4) is 0 Å². The van der Waals surface area contributed by atoms with Gasteiger partial charge >= 0.3 is 5.69 Å². The molecule has 1 heterocycles. The van der Waals surface area contributed by atoms with Gasteiger partial charge in [-0.3, -0.25) is 13.9 Å². The number of carbonyl (C=O) groups is 1. The first kappa shape index (κ1) is 18.6. The first-order valence-corrected chi connectivity index (χ1v) is 9.60. The maximum atomic E-state index is 13.2. The van der Waals surface area contributed by atoms with Crippen molar-refractivity contribution in [3.8, 4) is 0 Å². The molecule has 1 aromatic carbocycles. The minimum atomic E-state index is -4.16. The molecule has 1 amide bonds. The molecule has 3 rings (SSSR count). The topological polar surface area (TPSA) is 90.2 Å². The highest BCUT2D eigenvalue weighted by Gasteiger charge is 2.38. The Bertz CT molecular complexity index is 1030. The molecule has 2 aromatic rings. The molecule has 1 saturated carbocycles. The van der Waals surface area contributed by atoms with Crippen LogP contribution in [0.15, 0.2) is 27.9 Å². The summed E-state index contributed by atoms with van der Waals surface area (Å²) >= 11 is 0. The van der Waals surface area contributed by atoms with E-state index in [1.807, 2.05) is 4.72 Å². The molecule has 1 aromatic heterocycles. The number of carbonyl (C=O) groups excluding carboxylic acids is 1. The molecule has 0 aliphatic heterocycles. The van der Waals surface area contributed by atoms with E-state index in [4.69, 9.17) is 0 Å². The van der Waals surface area contributed by atoms with Crippen LogP contribution in [0.2, 0.25) is 0 Å². The molecule has 10 heteroatoms. The zero-order valence-electron chi connectivity index (χ0n) is 14.3. The highest BCUT2D eigenvalue weighted by molar-refractivity contribution is 7.90. The highest BCUT2D eigenvalue weighted by Crippen LogP contribution is 2.36. The molecular formula is C16H19F2N3O4S. The number of aromatic nitrogens is 2. The predicted molar refractivity (Wildman–Crippen MR) is 90.4 cm³/mol. The van der Waals surface area contributed by atoms with Crippen LogP contribution in [0.4, 0.5) is 8.78 Å². The van der Waals surface area contributed by atoms with Gasteiger partial charge in [-0.1, -0.05) is 0 Å². The molecule has 0 atom stereocenters.